The van der Waals surface area contributed by atoms with Crippen LogP contribution in [0.1, 0.15) is 21.2 Å². The first-order valence-corrected chi connectivity index (χ1v) is 6.33. The summed E-state index contributed by atoms with van der Waals surface area (Å²) in [5, 5.41) is 1.93. The first-order valence-electron chi connectivity index (χ1n) is 4.37. The highest BCUT2D eigenvalue weighted by Gasteiger charge is 2.17. The molecule has 0 spiro atoms. The SMILES string of the molecule is Cc1ncc(C(=O)c2sccc2I)n1C. The Kier molecular flexibility index (Phi) is 2.92. The number of ketones is 1. The van der Waals surface area contributed by atoms with E-state index in [4.69, 9.17) is 0 Å². The summed E-state index contributed by atoms with van der Waals surface area (Å²) < 4.78 is 2.82. The molecule has 2 heterocycles. The molecule has 78 valence electrons. The maximum atomic E-state index is 12.1. The highest BCUT2D eigenvalue weighted by molar-refractivity contribution is 14.1. The van der Waals surface area contributed by atoms with Gasteiger partial charge < -0.3 is 4.57 Å². The average Bonchev–Trinajstić information content (AvgIpc) is 2.75. The van der Waals surface area contributed by atoms with Gasteiger partial charge in [-0.05, 0) is 41.0 Å². The Bertz CT molecular complexity index is 515. The van der Waals surface area contributed by atoms with Crippen molar-refractivity contribution >= 4 is 39.7 Å². The lowest BCUT2D eigenvalue weighted by atomic mass is 10.2. The average molecular weight is 332 g/mol. The molecule has 0 saturated carbocycles. The van der Waals surface area contributed by atoms with Crippen molar-refractivity contribution in [3.63, 3.8) is 0 Å². The number of carbonyl (C=O) groups is 1. The standard InChI is InChI=1S/C10H9IN2OS/c1-6-12-5-8(13(6)2)9(14)10-7(11)3-4-15-10/h3-5H,1-2H3. The Morgan fingerprint density at radius 2 is 2.33 bits per heavy atom. The van der Waals surface area contributed by atoms with Gasteiger partial charge in [-0.1, -0.05) is 0 Å². The van der Waals surface area contributed by atoms with Crippen molar-refractivity contribution in [3.05, 3.63) is 37.6 Å². The van der Waals surface area contributed by atoms with E-state index in [0.717, 1.165) is 14.3 Å². The quantitative estimate of drug-likeness (QED) is 0.626. The summed E-state index contributed by atoms with van der Waals surface area (Å²) in [6.45, 7) is 1.89. The second-order valence-electron chi connectivity index (χ2n) is 3.18. The van der Waals surface area contributed by atoms with E-state index in [9.17, 15) is 4.79 Å². The number of imidazole rings is 1. The van der Waals surface area contributed by atoms with Crippen molar-refractivity contribution in [1.29, 1.82) is 0 Å². The monoisotopic (exact) mass is 332 g/mol. The Balaban J connectivity index is 2.46. The number of aromatic nitrogens is 2. The fourth-order valence-electron chi connectivity index (χ4n) is 1.29. The number of carbonyl (C=O) groups excluding carboxylic acids is 1. The number of halogens is 1. The molecular weight excluding hydrogens is 323 g/mol. The Morgan fingerprint density at radius 3 is 2.80 bits per heavy atom. The van der Waals surface area contributed by atoms with Gasteiger partial charge in [-0.25, -0.2) is 4.98 Å². The van der Waals surface area contributed by atoms with Crippen molar-refractivity contribution in [2.45, 2.75) is 6.92 Å². The molecule has 3 nitrogen and oxygen atoms in total. The highest BCUT2D eigenvalue weighted by Crippen LogP contribution is 2.22. The van der Waals surface area contributed by atoms with Crippen molar-refractivity contribution < 1.29 is 4.79 Å². The summed E-state index contributed by atoms with van der Waals surface area (Å²) in [5.74, 6) is 0.905. The highest BCUT2D eigenvalue weighted by atomic mass is 127. The molecule has 0 N–H and O–H groups in total. The fraction of sp³-hybridized carbons (Fsp3) is 0.200. The maximum absolute atomic E-state index is 12.1. The molecule has 2 rings (SSSR count). The molecule has 0 aliphatic carbocycles. The van der Waals surface area contributed by atoms with Crippen LogP contribution in [0.4, 0.5) is 0 Å². The van der Waals surface area contributed by atoms with E-state index in [1.54, 1.807) is 6.20 Å². The summed E-state index contributed by atoms with van der Waals surface area (Å²) in [5.41, 5.74) is 0.646. The lowest BCUT2D eigenvalue weighted by Crippen LogP contribution is -2.07. The van der Waals surface area contributed by atoms with Crippen LogP contribution in [0.3, 0.4) is 0 Å². The van der Waals surface area contributed by atoms with Crippen LogP contribution in [-0.2, 0) is 7.05 Å². The topological polar surface area (TPSA) is 34.9 Å². The normalized spacial score (nSPS) is 10.6. The molecule has 5 heteroatoms. The zero-order chi connectivity index (χ0) is 11.0. The van der Waals surface area contributed by atoms with Gasteiger partial charge in [-0.3, -0.25) is 4.79 Å². The van der Waals surface area contributed by atoms with Crippen LogP contribution in [-0.4, -0.2) is 15.3 Å². The van der Waals surface area contributed by atoms with Gasteiger partial charge in [0.2, 0.25) is 5.78 Å². The fourth-order valence-corrected chi connectivity index (χ4v) is 3.07. The Labute approximate surface area is 105 Å². The molecule has 0 fully saturated rings. The van der Waals surface area contributed by atoms with Crippen LogP contribution in [0.25, 0.3) is 0 Å². The predicted octanol–water partition coefficient (Wildman–Crippen LogP) is 2.63. The van der Waals surface area contributed by atoms with Crippen LogP contribution >= 0.6 is 33.9 Å². The number of nitrogens with zero attached hydrogens (tertiary/aromatic N) is 2. The van der Waals surface area contributed by atoms with E-state index in [2.05, 4.69) is 27.6 Å². The van der Waals surface area contributed by atoms with Gasteiger partial charge in [-0.15, -0.1) is 11.3 Å². The molecule has 0 aromatic carbocycles. The summed E-state index contributed by atoms with van der Waals surface area (Å²) >= 11 is 3.65. The van der Waals surface area contributed by atoms with E-state index in [1.165, 1.54) is 11.3 Å². The molecule has 0 bridgehead atoms. The molecule has 2 aromatic rings. The van der Waals surface area contributed by atoms with E-state index >= 15 is 0 Å². The zero-order valence-electron chi connectivity index (χ0n) is 8.32. The van der Waals surface area contributed by atoms with E-state index < -0.39 is 0 Å². The lowest BCUT2D eigenvalue weighted by Gasteiger charge is -2.01. The molecule has 2 aromatic heterocycles. The lowest BCUT2D eigenvalue weighted by molar-refractivity contribution is 0.103. The van der Waals surface area contributed by atoms with Gasteiger partial charge >= 0.3 is 0 Å². The second-order valence-corrected chi connectivity index (χ2v) is 5.25. The zero-order valence-corrected chi connectivity index (χ0v) is 11.3. The van der Waals surface area contributed by atoms with Crippen molar-refractivity contribution in [1.82, 2.24) is 9.55 Å². The maximum Gasteiger partial charge on any atom is 0.221 e. The molecule has 0 radical (unpaired) electrons. The van der Waals surface area contributed by atoms with E-state index in [-0.39, 0.29) is 5.78 Å². The minimum absolute atomic E-state index is 0.0532. The van der Waals surface area contributed by atoms with E-state index in [0.29, 0.717) is 5.69 Å². The largest absolute Gasteiger partial charge is 0.329 e. The van der Waals surface area contributed by atoms with Crippen molar-refractivity contribution in [3.8, 4) is 0 Å². The first kappa shape index (κ1) is 10.8. The minimum atomic E-state index is 0.0532. The molecule has 0 amide bonds. The number of thiophene rings is 1. The van der Waals surface area contributed by atoms with E-state index in [1.807, 2.05) is 30.0 Å². The Hall–Kier alpha value is -0.690. The molecule has 0 saturated heterocycles. The molecular formula is C10H9IN2OS. The number of aryl methyl sites for hydroxylation is 1. The summed E-state index contributed by atoms with van der Waals surface area (Å²) in [6, 6.07) is 1.95. The van der Waals surface area contributed by atoms with Gasteiger partial charge in [0.1, 0.15) is 11.5 Å². The second kappa shape index (κ2) is 4.05. The van der Waals surface area contributed by atoms with Crippen LogP contribution < -0.4 is 0 Å². The van der Waals surface area contributed by atoms with Crippen LogP contribution in [0, 0.1) is 10.5 Å². The molecule has 15 heavy (non-hydrogen) atoms. The Morgan fingerprint density at radius 1 is 1.60 bits per heavy atom. The summed E-state index contributed by atoms with van der Waals surface area (Å²) in [6.07, 6.45) is 1.63. The molecule has 0 aliphatic heterocycles. The third kappa shape index (κ3) is 1.85. The van der Waals surface area contributed by atoms with Gasteiger partial charge in [0, 0.05) is 10.6 Å². The summed E-state index contributed by atoms with van der Waals surface area (Å²) in [4.78, 5) is 17.0. The third-order valence-electron chi connectivity index (χ3n) is 2.28. The minimum Gasteiger partial charge on any atom is -0.329 e. The van der Waals surface area contributed by atoms with Gasteiger partial charge in [0.05, 0.1) is 11.1 Å². The number of hydrogen-bond donors (Lipinski definition) is 0. The third-order valence-corrected chi connectivity index (χ3v) is 4.45. The summed E-state index contributed by atoms with van der Waals surface area (Å²) in [7, 11) is 1.86. The van der Waals surface area contributed by atoms with Gasteiger partial charge in [-0.2, -0.15) is 0 Å². The number of hydrogen-bond acceptors (Lipinski definition) is 3. The van der Waals surface area contributed by atoms with Crippen LogP contribution in [0.5, 0.6) is 0 Å². The first-order chi connectivity index (χ1) is 7.11. The van der Waals surface area contributed by atoms with Crippen LogP contribution in [0.15, 0.2) is 17.6 Å². The van der Waals surface area contributed by atoms with Crippen molar-refractivity contribution in [2.75, 3.05) is 0 Å². The molecule has 0 atom stereocenters. The van der Waals surface area contributed by atoms with Crippen molar-refractivity contribution in [2.24, 2.45) is 7.05 Å². The smallest absolute Gasteiger partial charge is 0.221 e. The van der Waals surface area contributed by atoms with Gasteiger partial charge in [0.25, 0.3) is 0 Å². The van der Waals surface area contributed by atoms with Crippen LogP contribution in [0.2, 0.25) is 0 Å². The molecule has 0 unspecified atom stereocenters. The predicted molar refractivity (Wildman–Crippen MR) is 68.4 cm³/mol. The number of rotatable bonds is 2. The van der Waals surface area contributed by atoms with Gasteiger partial charge in [0.15, 0.2) is 0 Å². The molecule has 0 aliphatic rings.